The topological polar surface area (TPSA) is 49.4 Å². The van der Waals surface area contributed by atoms with Gasteiger partial charge in [-0.2, -0.15) is 0 Å². The number of nitrogens with one attached hydrogen (secondary N) is 1. The molecule has 1 atom stereocenters. The van der Waals surface area contributed by atoms with Gasteiger partial charge in [-0.15, -0.1) is 0 Å². The van der Waals surface area contributed by atoms with Crippen molar-refractivity contribution in [2.75, 3.05) is 6.54 Å². The Kier molecular flexibility index (Phi) is 11.0. The van der Waals surface area contributed by atoms with Crippen LogP contribution in [-0.4, -0.2) is 29.3 Å². The van der Waals surface area contributed by atoms with E-state index in [1.807, 2.05) is 44.2 Å². The monoisotopic (exact) mass is 566 g/mol. The zero-order valence-corrected chi connectivity index (χ0v) is 25.1. The summed E-state index contributed by atoms with van der Waals surface area (Å²) in [5.74, 6) is -0.0188. The minimum absolute atomic E-state index is 0.0629. The smallest absolute Gasteiger partial charge is 0.243 e. The van der Waals surface area contributed by atoms with Crippen molar-refractivity contribution in [3.05, 3.63) is 105 Å². The number of nitrogens with zero attached hydrogens (tertiary/aromatic N) is 1. The zero-order chi connectivity index (χ0) is 28.6. The minimum Gasteiger partial charge on any atom is -0.354 e. The molecule has 4 nitrogen and oxygen atoms in total. The lowest BCUT2D eigenvalue weighted by molar-refractivity contribution is -0.141. The van der Waals surface area contributed by atoms with Gasteiger partial charge in [0.1, 0.15) is 6.04 Å². The molecule has 0 unspecified atom stereocenters. The summed E-state index contributed by atoms with van der Waals surface area (Å²) in [6.07, 6.45) is 1.22. The Hall–Kier alpha value is -2.82. The van der Waals surface area contributed by atoms with Gasteiger partial charge in [0.25, 0.3) is 0 Å². The van der Waals surface area contributed by atoms with Gasteiger partial charge in [-0.3, -0.25) is 9.59 Å². The van der Waals surface area contributed by atoms with Gasteiger partial charge < -0.3 is 10.2 Å². The van der Waals surface area contributed by atoms with Crippen LogP contribution in [0.15, 0.2) is 72.8 Å². The standard InChI is InChI=1S/C33H40Cl2N2O2/c1-23(2)21-36-32(39)30(20-25-10-7-6-8-11-25)37(22-27-28(34)12-9-13-29(27)35)31(38)19-16-24-14-17-26(18-15-24)33(3,4)5/h6-15,17-18,23,30H,16,19-22H2,1-5H3,(H,36,39)/t30-/m0/s1. The van der Waals surface area contributed by atoms with Gasteiger partial charge in [0, 0.05) is 41.5 Å². The molecule has 0 saturated heterocycles. The second-order valence-corrected chi connectivity index (χ2v) is 12.3. The van der Waals surface area contributed by atoms with E-state index in [1.165, 1.54) is 5.56 Å². The predicted molar refractivity (Wildman–Crippen MR) is 162 cm³/mol. The lowest BCUT2D eigenvalue weighted by Crippen LogP contribution is -2.51. The second-order valence-electron chi connectivity index (χ2n) is 11.5. The van der Waals surface area contributed by atoms with Gasteiger partial charge in [0.2, 0.25) is 11.8 Å². The molecule has 0 fully saturated rings. The first-order chi connectivity index (χ1) is 18.5. The van der Waals surface area contributed by atoms with Gasteiger partial charge in [0.15, 0.2) is 0 Å². The van der Waals surface area contributed by atoms with Crippen LogP contribution >= 0.6 is 23.2 Å². The van der Waals surface area contributed by atoms with Crippen LogP contribution < -0.4 is 5.32 Å². The summed E-state index contributed by atoms with van der Waals surface area (Å²) in [4.78, 5) is 29.1. The molecule has 3 rings (SSSR count). The van der Waals surface area contributed by atoms with E-state index < -0.39 is 6.04 Å². The number of carbonyl (C=O) groups excluding carboxylic acids is 2. The fourth-order valence-corrected chi connectivity index (χ4v) is 4.91. The molecular weight excluding hydrogens is 527 g/mol. The Labute approximate surface area is 243 Å². The van der Waals surface area contributed by atoms with E-state index in [-0.39, 0.29) is 36.1 Å². The highest BCUT2D eigenvalue weighted by Gasteiger charge is 2.31. The lowest BCUT2D eigenvalue weighted by atomic mass is 9.86. The van der Waals surface area contributed by atoms with Crippen LogP contribution in [-0.2, 0) is 34.4 Å². The lowest BCUT2D eigenvalue weighted by Gasteiger charge is -2.32. The molecule has 0 aromatic heterocycles. The van der Waals surface area contributed by atoms with Crippen LogP contribution in [0.4, 0.5) is 0 Å². The highest BCUT2D eigenvalue weighted by atomic mass is 35.5. The molecule has 0 aliphatic heterocycles. The maximum absolute atomic E-state index is 13.9. The molecule has 1 N–H and O–H groups in total. The summed E-state index contributed by atoms with van der Waals surface area (Å²) in [5, 5.41) is 3.99. The molecule has 0 heterocycles. The summed E-state index contributed by atoms with van der Waals surface area (Å²) in [6, 6.07) is 22.8. The van der Waals surface area contributed by atoms with Crippen molar-refractivity contribution in [3.8, 4) is 0 Å². The maximum atomic E-state index is 13.9. The van der Waals surface area contributed by atoms with Crippen molar-refractivity contribution < 1.29 is 9.59 Å². The van der Waals surface area contributed by atoms with Gasteiger partial charge in [-0.1, -0.05) is 118 Å². The van der Waals surface area contributed by atoms with E-state index in [1.54, 1.807) is 23.1 Å². The minimum atomic E-state index is -0.714. The van der Waals surface area contributed by atoms with E-state index in [2.05, 4.69) is 50.4 Å². The third kappa shape index (κ3) is 9.12. The Morgan fingerprint density at radius 2 is 1.46 bits per heavy atom. The third-order valence-electron chi connectivity index (χ3n) is 6.79. The largest absolute Gasteiger partial charge is 0.354 e. The molecule has 0 saturated carbocycles. The molecule has 6 heteroatoms. The molecule has 2 amide bonds. The molecular formula is C33H40Cl2N2O2. The Bertz CT molecular complexity index is 1210. The summed E-state index contributed by atoms with van der Waals surface area (Å²) in [7, 11) is 0. The number of hydrogen-bond acceptors (Lipinski definition) is 2. The van der Waals surface area contributed by atoms with Crippen LogP contribution in [0.2, 0.25) is 10.0 Å². The highest BCUT2D eigenvalue weighted by molar-refractivity contribution is 6.36. The summed E-state index contributed by atoms with van der Waals surface area (Å²) in [6.45, 7) is 11.3. The van der Waals surface area contributed by atoms with Crippen molar-refractivity contribution in [3.63, 3.8) is 0 Å². The van der Waals surface area contributed by atoms with E-state index in [4.69, 9.17) is 23.2 Å². The van der Waals surface area contributed by atoms with Crippen molar-refractivity contribution in [1.29, 1.82) is 0 Å². The van der Waals surface area contributed by atoms with Crippen molar-refractivity contribution in [1.82, 2.24) is 10.2 Å². The van der Waals surface area contributed by atoms with Gasteiger partial charge in [0.05, 0.1) is 0 Å². The zero-order valence-electron chi connectivity index (χ0n) is 23.6. The average molecular weight is 568 g/mol. The van der Waals surface area contributed by atoms with Crippen molar-refractivity contribution in [2.45, 2.75) is 71.9 Å². The van der Waals surface area contributed by atoms with Crippen LogP contribution in [0.1, 0.15) is 63.3 Å². The van der Waals surface area contributed by atoms with E-state index in [9.17, 15) is 9.59 Å². The number of halogens is 2. The molecule has 3 aromatic rings. The van der Waals surface area contributed by atoms with Gasteiger partial charge in [-0.05, 0) is 46.6 Å². The second kappa shape index (κ2) is 14.0. The normalized spacial score (nSPS) is 12.3. The molecule has 0 aliphatic rings. The molecule has 39 heavy (non-hydrogen) atoms. The fraction of sp³-hybridized carbons (Fsp3) is 0.394. The molecule has 0 bridgehead atoms. The summed E-state index contributed by atoms with van der Waals surface area (Å²) < 4.78 is 0. The van der Waals surface area contributed by atoms with Gasteiger partial charge in [-0.25, -0.2) is 0 Å². The first kappa shape index (κ1) is 30.7. The maximum Gasteiger partial charge on any atom is 0.243 e. The van der Waals surface area contributed by atoms with E-state index in [0.717, 1.165) is 11.1 Å². The molecule has 3 aromatic carbocycles. The van der Waals surface area contributed by atoms with Gasteiger partial charge >= 0.3 is 0 Å². The summed E-state index contributed by atoms with van der Waals surface area (Å²) >= 11 is 13.1. The number of benzene rings is 3. The fourth-order valence-electron chi connectivity index (χ4n) is 4.40. The first-order valence-corrected chi connectivity index (χ1v) is 14.3. The van der Waals surface area contributed by atoms with Crippen LogP contribution in [0, 0.1) is 5.92 Å². The predicted octanol–water partition coefficient (Wildman–Crippen LogP) is 7.64. The van der Waals surface area contributed by atoms with Crippen LogP contribution in [0.5, 0.6) is 0 Å². The summed E-state index contributed by atoms with van der Waals surface area (Å²) in [5.41, 5.74) is 4.00. The first-order valence-electron chi connectivity index (χ1n) is 13.6. The Morgan fingerprint density at radius 3 is 2.03 bits per heavy atom. The SMILES string of the molecule is CC(C)CNC(=O)[C@H](Cc1ccccc1)N(Cc1c(Cl)cccc1Cl)C(=O)CCc1ccc(C(C)(C)C)cc1. The van der Waals surface area contributed by atoms with Crippen LogP contribution in [0.25, 0.3) is 0 Å². The number of rotatable bonds is 11. The van der Waals surface area contributed by atoms with Crippen molar-refractivity contribution in [2.24, 2.45) is 5.92 Å². The van der Waals surface area contributed by atoms with Crippen LogP contribution in [0.3, 0.4) is 0 Å². The number of aryl methyl sites for hydroxylation is 1. The van der Waals surface area contributed by atoms with E-state index in [0.29, 0.717) is 35.0 Å². The highest BCUT2D eigenvalue weighted by Crippen LogP contribution is 2.28. The van der Waals surface area contributed by atoms with E-state index >= 15 is 0 Å². The number of hydrogen-bond donors (Lipinski definition) is 1. The average Bonchev–Trinajstić information content (AvgIpc) is 2.89. The Morgan fingerprint density at radius 1 is 0.846 bits per heavy atom. The molecule has 0 aliphatic carbocycles. The Balaban J connectivity index is 1.92. The molecule has 208 valence electrons. The molecule has 0 spiro atoms. The number of carbonyl (C=O) groups is 2. The molecule has 0 radical (unpaired) electrons. The third-order valence-corrected chi connectivity index (χ3v) is 7.50. The quantitative estimate of drug-likeness (QED) is 0.259. The van der Waals surface area contributed by atoms with Crippen molar-refractivity contribution >= 4 is 35.0 Å². The number of amides is 2.